The highest BCUT2D eigenvalue weighted by molar-refractivity contribution is 5.76. The van der Waals surface area contributed by atoms with E-state index < -0.39 is 0 Å². The number of esters is 1. The smallest absolute Gasteiger partial charge is 0.312 e. The molecule has 3 heteroatoms. The maximum absolute atomic E-state index is 11.4. The molecule has 2 rings (SSSR count). The van der Waals surface area contributed by atoms with Crippen molar-refractivity contribution < 1.29 is 9.53 Å². The third-order valence-corrected chi connectivity index (χ3v) is 3.14. The number of ether oxygens (including phenoxy) is 1. The summed E-state index contributed by atoms with van der Waals surface area (Å²) in [6.07, 6.45) is 3.55. The molecule has 2 aliphatic rings. The standard InChI is InChI=1S/C9H15NO2/c1-2-12-8(11)7-6-10-9(7)4-3-5-9/h7,10H,2-6H2,1H3. The second-order valence-corrected chi connectivity index (χ2v) is 3.70. The van der Waals surface area contributed by atoms with Gasteiger partial charge >= 0.3 is 5.97 Å². The number of hydrogen-bond donors (Lipinski definition) is 1. The Morgan fingerprint density at radius 2 is 2.42 bits per heavy atom. The molecular formula is C9H15NO2. The maximum atomic E-state index is 11.4. The zero-order valence-corrected chi connectivity index (χ0v) is 7.43. The minimum atomic E-state index is -0.00375. The largest absolute Gasteiger partial charge is 0.466 e. The Morgan fingerprint density at radius 3 is 2.75 bits per heavy atom. The van der Waals surface area contributed by atoms with Gasteiger partial charge in [-0.25, -0.2) is 0 Å². The highest BCUT2D eigenvalue weighted by Gasteiger charge is 2.54. The number of nitrogens with one attached hydrogen (secondary N) is 1. The van der Waals surface area contributed by atoms with Crippen LogP contribution in [0.4, 0.5) is 0 Å². The van der Waals surface area contributed by atoms with Crippen molar-refractivity contribution in [2.45, 2.75) is 31.7 Å². The predicted octanol–water partition coefficient (Wildman–Crippen LogP) is 0.692. The van der Waals surface area contributed by atoms with Crippen molar-refractivity contribution in [1.82, 2.24) is 5.32 Å². The third kappa shape index (κ3) is 0.959. The molecule has 1 atom stereocenters. The van der Waals surface area contributed by atoms with Gasteiger partial charge in [-0.1, -0.05) is 0 Å². The maximum Gasteiger partial charge on any atom is 0.312 e. The highest BCUT2D eigenvalue weighted by atomic mass is 16.5. The molecule has 1 aliphatic carbocycles. The van der Waals surface area contributed by atoms with Crippen molar-refractivity contribution in [2.24, 2.45) is 5.92 Å². The average Bonchev–Trinajstić information content (AvgIpc) is 1.81. The fraction of sp³-hybridized carbons (Fsp3) is 0.889. The molecule has 3 nitrogen and oxygen atoms in total. The van der Waals surface area contributed by atoms with Gasteiger partial charge < -0.3 is 10.1 Å². The minimum Gasteiger partial charge on any atom is -0.466 e. The van der Waals surface area contributed by atoms with E-state index in [2.05, 4.69) is 5.32 Å². The van der Waals surface area contributed by atoms with Gasteiger partial charge in [0.1, 0.15) is 0 Å². The second kappa shape index (κ2) is 2.73. The number of hydrogen-bond acceptors (Lipinski definition) is 3. The van der Waals surface area contributed by atoms with Gasteiger partial charge in [-0.2, -0.15) is 0 Å². The summed E-state index contributed by atoms with van der Waals surface area (Å²) in [5, 5.41) is 3.35. The van der Waals surface area contributed by atoms with Crippen LogP contribution >= 0.6 is 0 Å². The zero-order chi connectivity index (χ0) is 8.60. The van der Waals surface area contributed by atoms with Crippen LogP contribution in [0.1, 0.15) is 26.2 Å². The van der Waals surface area contributed by atoms with Crippen molar-refractivity contribution in [3.8, 4) is 0 Å². The predicted molar refractivity (Wildman–Crippen MR) is 44.7 cm³/mol. The van der Waals surface area contributed by atoms with Crippen LogP contribution in [-0.2, 0) is 9.53 Å². The van der Waals surface area contributed by atoms with Crippen LogP contribution in [0.3, 0.4) is 0 Å². The first-order chi connectivity index (χ1) is 5.78. The SMILES string of the molecule is CCOC(=O)C1CNC12CCC2. The van der Waals surface area contributed by atoms with E-state index >= 15 is 0 Å². The molecule has 0 aromatic rings. The van der Waals surface area contributed by atoms with Crippen LogP contribution < -0.4 is 5.32 Å². The second-order valence-electron chi connectivity index (χ2n) is 3.70. The average molecular weight is 169 g/mol. The monoisotopic (exact) mass is 169 g/mol. The Hall–Kier alpha value is -0.570. The van der Waals surface area contributed by atoms with Crippen LogP contribution in [0.2, 0.25) is 0 Å². The van der Waals surface area contributed by atoms with Gasteiger partial charge in [-0.15, -0.1) is 0 Å². The molecule has 1 heterocycles. The summed E-state index contributed by atoms with van der Waals surface area (Å²) >= 11 is 0. The van der Waals surface area contributed by atoms with E-state index in [1.807, 2.05) is 6.92 Å². The van der Waals surface area contributed by atoms with Crippen LogP contribution in [-0.4, -0.2) is 24.7 Å². The van der Waals surface area contributed by atoms with E-state index in [4.69, 9.17) is 4.74 Å². The Kier molecular flexibility index (Phi) is 1.83. The normalized spacial score (nSPS) is 30.6. The lowest BCUT2D eigenvalue weighted by atomic mass is 9.63. The molecule has 1 spiro atoms. The van der Waals surface area contributed by atoms with E-state index in [1.54, 1.807) is 0 Å². The summed E-state index contributed by atoms with van der Waals surface area (Å²) in [7, 11) is 0. The zero-order valence-electron chi connectivity index (χ0n) is 7.43. The number of carbonyl (C=O) groups is 1. The van der Waals surface area contributed by atoms with Gasteiger partial charge in [0.25, 0.3) is 0 Å². The summed E-state index contributed by atoms with van der Waals surface area (Å²) < 4.78 is 5.00. The molecule has 2 fully saturated rings. The van der Waals surface area contributed by atoms with Crippen molar-refractivity contribution in [2.75, 3.05) is 13.2 Å². The van der Waals surface area contributed by atoms with Gasteiger partial charge in [0.15, 0.2) is 0 Å². The Balaban J connectivity index is 1.92. The van der Waals surface area contributed by atoms with Gasteiger partial charge in [0.05, 0.1) is 12.5 Å². The highest BCUT2D eigenvalue weighted by Crippen LogP contribution is 2.44. The fourth-order valence-corrected chi connectivity index (χ4v) is 2.13. The lowest BCUT2D eigenvalue weighted by molar-refractivity contribution is -0.159. The van der Waals surface area contributed by atoms with Crippen molar-refractivity contribution in [3.05, 3.63) is 0 Å². The molecule has 0 amide bonds. The quantitative estimate of drug-likeness (QED) is 0.618. The Morgan fingerprint density at radius 1 is 1.67 bits per heavy atom. The molecule has 68 valence electrons. The molecule has 1 aliphatic heterocycles. The summed E-state index contributed by atoms with van der Waals surface area (Å²) in [5.74, 6) is 0.141. The first-order valence-corrected chi connectivity index (χ1v) is 4.70. The summed E-state index contributed by atoms with van der Waals surface area (Å²) in [6.45, 7) is 3.18. The van der Waals surface area contributed by atoms with Gasteiger partial charge in [0, 0.05) is 12.1 Å². The summed E-state index contributed by atoms with van der Waals surface area (Å²) in [6, 6.07) is 0. The number of carbonyl (C=O) groups excluding carboxylic acids is 1. The molecule has 0 bridgehead atoms. The van der Waals surface area contributed by atoms with E-state index in [0.29, 0.717) is 6.61 Å². The Bertz CT molecular complexity index is 193. The summed E-state index contributed by atoms with van der Waals surface area (Å²) in [4.78, 5) is 11.4. The van der Waals surface area contributed by atoms with Crippen LogP contribution in [0.15, 0.2) is 0 Å². The van der Waals surface area contributed by atoms with E-state index in [0.717, 1.165) is 19.4 Å². The van der Waals surface area contributed by atoms with E-state index in [-0.39, 0.29) is 17.4 Å². The topological polar surface area (TPSA) is 38.3 Å². The lowest BCUT2D eigenvalue weighted by Crippen LogP contribution is -2.71. The van der Waals surface area contributed by atoms with Crippen molar-refractivity contribution in [3.63, 3.8) is 0 Å². The lowest BCUT2D eigenvalue weighted by Gasteiger charge is -2.55. The first kappa shape index (κ1) is 8.05. The van der Waals surface area contributed by atoms with Crippen LogP contribution in [0.5, 0.6) is 0 Å². The first-order valence-electron chi connectivity index (χ1n) is 4.70. The van der Waals surface area contributed by atoms with Gasteiger partial charge in [-0.3, -0.25) is 4.79 Å². The molecule has 1 saturated carbocycles. The molecular weight excluding hydrogens is 154 g/mol. The van der Waals surface area contributed by atoms with Crippen molar-refractivity contribution in [1.29, 1.82) is 0 Å². The molecule has 12 heavy (non-hydrogen) atoms. The van der Waals surface area contributed by atoms with Crippen molar-refractivity contribution >= 4 is 5.97 Å². The molecule has 0 aromatic carbocycles. The third-order valence-electron chi connectivity index (χ3n) is 3.14. The van der Waals surface area contributed by atoms with Crippen LogP contribution in [0, 0.1) is 5.92 Å². The Labute approximate surface area is 72.5 Å². The molecule has 1 N–H and O–H groups in total. The van der Waals surface area contributed by atoms with E-state index in [9.17, 15) is 4.79 Å². The summed E-state index contributed by atoms with van der Waals surface area (Å²) in [5.41, 5.74) is 0.159. The molecule has 0 radical (unpaired) electrons. The molecule has 1 saturated heterocycles. The molecule has 1 unspecified atom stereocenters. The molecule has 0 aromatic heterocycles. The van der Waals surface area contributed by atoms with Crippen LogP contribution in [0.25, 0.3) is 0 Å². The number of rotatable bonds is 2. The minimum absolute atomic E-state index is 0.00375. The van der Waals surface area contributed by atoms with E-state index in [1.165, 1.54) is 6.42 Å². The van der Waals surface area contributed by atoms with Gasteiger partial charge in [0.2, 0.25) is 0 Å². The van der Waals surface area contributed by atoms with Gasteiger partial charge in [-0.05, 0) is 26.2 Å². The fourth-order valence-electron chi connectivity index (χ4n) is 2.13.